The molecule has 0 saturated heterocycles. The van der Waals surface area contributed by atoms with E-state index in [0.29, 0.717) is 0 Å². The van der Waals surface area contributed by atoms with Gasteiger partial charge in [-0.1, -0.05) is 37.3 Å². The van der Waals surface area contributed by atoms with Crippen LogP contribution in [-0.4, -0.2) is 28.8 Å². The summed E-state index contributed by atoms with van der Waals surface area (Å²) in [6.45, 7) is 2.15. The van der Waals surface area contributed by atoms with Gasteiger partial charge in [-0.2, -0.15) is 0 Å². The standard InChI is InChI=1S/C20H23N3O2/c1-4-19(23-12-11-21-14-23)18-10-9-17(13-22-18)15-5-7-16(8-6-15)20(24-2)25-3/h5-14,19-20H,4H2,1-3H3. The number of rotatable bonds is 7. The van der Waals surface area contributed by atoms with Crippen LogP contribution < -0.4 is 0 Å². The highest BCUT2D eigenvalue weighted by Gasteiger charge is 2.13. The molecule has 5 nitrogen and oxygen atoms in total. The van der Waals surface area contributed by atoms with Crippen molar-refractivity contribution in [2.45, 2.75) is 25.7 Å². The average Bonchev–Trinajstić information content (AvgIpc) is 3.19. The topological polar surface area (TPSA) is 49.2 Å². The van der Waals surface area contributed by atoms with Crippen molar-refractivity contribution in [2.75, 3.05) is 14.2 Å². The van der Waals surface area contributed by atoms with Gasteiger partial charge >= 0.3 is 0 Å². The number of hydrogen-bond donors (Lipinski definition) is 0. The molecule has 0 saturated carbocycles. The molecule has 5 heteroatoms. The molecule has 0 aliphatic heterocycles. The van der Waals surface area contributed by atoms with Crippen LogP contribution in [0.25, 0.3) is 11.1 Å². The molecule has 2 heterocycles. The van der Waals surface area contributed by atoms with Crippen LogP contribution in [0.3, 0.4) is 0 Å². The summed E-state index contributed by atoms with van der Waals surface area (Å²) in [5.74, 6) is 0. The third-order valence-electron chi connectivity index (χ3n) is 4.34. The van der Waals surface area contributed by atoms with Gasteiger partial charge in [-0.15, -0.1) is 0 Å². The van der Waals surface area contributed by atoms with E-state index in [1.807, 2.05) is 30.9 Å². The Labute approximate surface area is 148 Å². The van der Waals surface area contributed by atoms with E-state index in [9.17, 15) is 0 Å². The summed E-state index contributed by atoms with van der Waals surface area (Å²) in [5.41, 5.74) is 4.23. The van der Waals surface area contributed by atoms with Gasteiger partial charge in [0.1, 0.15) is 0 Å². The summed E-state index contributed by atoms with van der Waals surface area (Å²) in [6, 6.07) is 12.6. The predicted molar refractivity (Wildman–Crippen MR) is 97.1 cm³/mol. The molecular formula is C20H23N3O2. The van der Waals surface area contributed by atoms with Crippen LogP contribution >= 0.6 is 0 Å². The van der Waals surface area contributed by atoms with E-state index >= 15 is 0 Å². The second-order valence-corrected chi connectivity index (χ2v) is 5.83. The summed E-state index contributed by atoms with van der Waals surface area (Å²) in [4.78, 5) is 8.81. The van der Waals surface area contributed by atoms with E-state index in [1.54, 1.807) is 20.4 Å². The van der Waals surface area contributed by atoms with Crippen molar-refractivity contribution >= 4 is 0 Å². The highest BCUT2D eigenvalue weighted by atomic mass is 16.7. The van der Waals surface area contributed by atoms with Crippen molar-refractivity contribution < 1.29 is 9.47 Å². The molecule has 0 spiro atoms. The summed E-state index contributed by atoms with van der Waals surface area (Å²) in [6.07, 6.45) is 8.16. The molecule has 130 valence electrons. The molecule has 0 fully saturated rings. The van der Waals surface area contributed by atoms with Crippen LogP contribution in [0.15, 0.2) is 61.3 Å². The van der Waals surface area contributed by atoms with Gasteiger partial charge in [0.25, 0.3) is 0 Å². The van der Waals surface area contributed by atoms with Crippen molar-refractivity contribution in [3.05, 3.63) is 72.6 Å². The van der Waals surface area contributed by atoms with Gasteiger partial charge in [-0.3, -0.25) is 4.98 Å². The quantitative estimate of drug-likeness (QED) is 0.605. The van der Waals surface area contributed by atoms with Gasteiger partial charge in [-0.05, 0) is 18.1 Å². The van der Waals surface area contributed by atoms with E-state index in [4.69, 9.17) is 9.47 Å². The molecule has 0 amide bonds. The van der Waals surface area contributed by atoms with Crippen LogP contribution in [0.2, 0.25) is 0 Å². The summed E-state index contributed by atoms with van der Waals surface area (Å²) < 4.78 is 12.6. The molecule has 25 heavy (non-hydrogen) atoms. The fraction of sp³-hybridized carbons (Fsp3) is 0.300. The zero-order chi connectivity index (χ0) is 17.6. The highest BCUT2D eigenvalue weighted by molar-refractivity contribution is 5.62. The first-order valence-corrected chi connectivity index (χ1v) is 8.36. The lowest BCUT2D eigenvalue weighted by molar-refractivity contribution is -0.106. The van der Waals surface area contributed by atoms with Crippen LogP contribution in [0.5, 0.6) is 0 Å². The van der Waals surface area contributed by atoms with Gasteiger partial charge < -0.3 is 14.0 Å². The van der Waals surface area contributed by atoms with Gasteiger partial charge in [0.15, 0.2) is 6.29 Å². The van der Waals surface area contributed by atoms with Crippen molar-refractivity contribution in [3.8, 4) is 11.1 Å². The molecule has 0 aliphatic rings. The van der Waals surface area contributed by atoms with Crippen molar-refractivity contribution in [1.29, 1.82) is 0 Å². The monoisotopic (exact) mass is 337 g/mol. The Morgan fingerprint density at radius 2 is 1.72 bits per heavy atom. The van der Waals surface area contributed by atoms with Gasteiger partial charge in [0, 0.05) is 43.9 Å². The Balaban J connectivity index is 1.80. The molecule has 0 aliphatic carbocycles. The fourth-order valence-corrected chi connectivity index (χ4v) is 3.00. The zero-order valence-electron chi connectivity index (χ0n) is 14.8. The molecule has 1 aromatic carbocycles. The SMILES string of the molecule is CCC(c1ccc(-c2ccc(C(OC)OC)cc2)cn1)n1ccnc1. The van der Waals surface area contributed by atoms with Crippen LogP contribution in [-0.2, 0) is 9.47 Å². The smallest absolute Gasteiger partial charge is 0.183 e. The van der Waals surface area contributed by atoms with Crippen LogP contribution in [0.4, 0.5) is 0 Å². The first-order valence-electron chi connectivity index (χ1n) is 8.36. The maximum absolute atomic E-state index is 5.28. The third kappa shape index (κ3) is 3.78. The van der Waals surface area contributed by atoms with E-state index in [-0.39, 0.29) is 12.3 Å². The molecule has 1 atom stereocenters. The molecule has 0 bridgehead atoms. The summed E-state index contributed by atoms with van der Waals surface area (Å²) in [5, 5.41) is 0. The Hall–Kier alpha value is -2.50. The number of nitrogens with zero attached hydrogens (tertiary/aromatic N) is 3. The Morgan fingerprint density at radius 1 is 1.00 bits per heavy atom. The lowest BCUT2D eigenvalue weighted by Crippen LogP contribution is -2.09. The number of hydrogen-bond acceptors (Lipinski definition) is 4. The van der Waals surface area contributed by atoms with E-state index in [2.05, 4.69) is 45.7 Å². The molecule has 2 aromatic heterocycles. The maximum atomic E-state index is 5.28. The van der Waals surface area contributed by atoms with Gasteiger partial charge in [-0.25, -0.2) is 4.98 Å². The molecule has 3 aromatic rings. The Morgan fingerprint density at radius 3 is 2.24 bits per heavy atom. The predicted octanol–water partition coefficient (Wildman–Crippen LogP) is 4.24. The number of pyridine rings is 1. The third-order valence-corrected chi connectivity index (χ3v) is 4.34. The van der Waals surface area contributed by atoms with Crippen LogP contribution in [0, 0.1) is 0 Å². The largest absolute Gasteiger partial charge is 0.352 e. The summed E-state index contributed by atoms with van der Waals surface area (Å²) in [7, 11) is 3.27. The second-order valence-electron chi connectivity index (χ2n) is 5.83. The molecule has 1 unspecified atom stereocenters. The van der Waals surface area contributed by atoms with Crippen molar-refractivity contribution in [2.24, 2.45) is 0 Å². The van der Waals surface area contributed by atoms with Gasteiger partial charge in [0.05, 0.1) is 18.1 Å². The van der Waals surface area contributed by atoms with E-state index in [1.165, 1.54) is 0 Å². The number of imidazole rings is 1. The molecule has 3 rings (SSSR count). The lowest BCUT2D eigenvalue weighted by atomic mass is 10.0. The maximum Gasteiger partial charge on any atom is 0.183 e. The van der Waals surface area contributed by atoms with Crippen LogP contribution in [0.1, 0.15) is 36.9 Å². The first kappa shape index (κ1) is 17.3. The first-order chi connectivity index (χ1) is 12.3. The lowest BCUT2D eigenvalue weighted by Gasteiger charge is -2.16. The van der Waals surface area contributed by atoms with Crippen molar-refractivity contribution in [1.82, 2.24) is 14.5 Å². The Kier molecular flexibility index (Phi) is 5.58. The zero-order valence-corrected chi connectivity index (χ0v) is 14.8. The molecule has 0 N–H and O–H groups in total. The highest BCUT2D eigenvalue weighted by Crippen LogP contribution is 2.25. The minimum Gasteiger partial charge on any atom is -0.352 e. The minimum atomic E-state index is -0.338. The normalized spacial score (nSPS) is 12.5. The number of methoxy groups -OCH3 is 2. The average molecular weight is 337 g/mol. The minimum absolute atomic E-state index is 0.211. The molecular weight excluding hydrogens is 314 g/mol. The second kappa shape index (κ2) is 8.05. The summed E-state index contributed by atoms with van der Waals surface area (Å²) >= 11 is 0. The number of ether oxygens (including phenoxy) is 2. The van der Waals surface area contributed by atoms with Crippen molar-refractivity contribution in [3.63, 3.8) is 0 Å². The number of benzene rings is 1. The van der Waals surface area contributed by atoms with Gasteiger partial charge in [0.2, 0.25) is 0 Å². The molecule has 0 radical (unpaired) electrons. The Bertz CT molecular complexity index is 764. The number of aromatic nitrogens is 3. The fourth-order valence-electron chi connectivity index (χ4n) is 3.00. The van der Waals surface area contributed by atoms with E-state index in [0.717, 1.165) is 28.8 Å². The van der Waals surface area contributed by atoms with E-state index < -0.39 is 0 Å².